The number of benzene rings is 1. The Labute approximate surface area is 118 Å². The van der Waals surface area contributed by atoms with Crippen LogP contribution in [0.15, 0.2) is 12.1 Å². The summed E-state index contributed by atoms with van der Waals surface area (Å²) in [6.07, 6.45) is 0.184. The normalized spacial score (nSPS) is 16.2. The third-order valence-corrected chi connectivity index (χ3v) is 3.55. The van der Waals surface area contributed by atoms with Gasteiger partial charge in [0.25, 0.3) is 5.91 Å². The monoisotopic (exact) mass is 280 g/mol. The topological polar surface area (TPSA) is 84.4 Å². The van der Waals surface area contributed by atoms with Crippen LogP contribution in [-0.2, 0) is 0 Å². The van der Waals surface area contributed by atoms with Gasteiger partial charge in [0.15, 0.2) is 0 Å². The zero-order chi connectivity index (χ0) is 14.7. The fourth-order valence-electron chi connectivity index (χ4n) is 2.41. The van der Waals surface area contributed by atoms with Crippen molar-refractivity contribution in [3.8, 4) is 0 Å². The van der Waals surface area contributed by atoms with Crippen molar-refractivity contribution in [3.05, 3.63) is 17.7 Å². The lowest BCUT2D eigenvalue weighted by molar-refractivity contribution is 0.0956. The fraction of sp³-hybridized carbons (Fsp3) is 0.500. The van der Waals surface area contributed by atoms with Crippen molar-refractivity contribution in [1.82, 2.24) is 5.32 Å². The van der Waals surface area contributed by atoms with Gasteiger partial charge in [0, 0.05) is 19.6 Å². The van der Waals surface area contributed by atoms with E-state index < -0.39 is 6.17 Å². The molecule has 0 bridgehead atoms. The standard InChI is InChI=1S/C14H21FN4O/c1-2-18-14(20)10-7-11(16)12(17)8-13(10)19-5-3-9(15)4-6-19/h7-9H,2-6,16-17H2,1H3,(H,18,20). The number of alkyl halides is 1. The van der Waals surface area contributed by atoms with Gasteiger partial charge >= 0.3 is 0 Å². The Morgan fingerprint density at radius 1 is 1.35 bits per heavy atom. The molecule has 5 nitrogen and oxygen atoms in total. The number of carbonyl (C=O) groups is 1. The van der Waals surface area contributed by atoms with E-state index in [4.69, 9.17) is 11.5 Å². The summed E-state index contributed by atoms with van der Waals surface area (Å²) in [5.41, 5.74) is 13.7. The van der Waals surface area contributed by atoms with E-state index in [9.17, 15) is 9.18 Å². The van der Waals surface area contributed by atoms with E-state index in [0.717, 1.165) is 5.69 Å². The molecule has 1 fully saturated rings. The number of nitrogens with zero attached hydrogens (tertiary/aromatic N) is 1. The van der Waals surface area contributed by atoms with Gasteiger partial charge in [-0.3, -0.25) is 4.79 Å². The number of amides is 1. The number of nitrogens with two attached hydrogens (primary N) is 2. The summed E-state index contributed by atoms with van der Waals surface area (Å²) in [4.78, 5) is 14.1. The second-order valence-corrected chi connectivity index (χ2v) is 5.02. The van der Waals surface area contributed by atoms with E-state index in [1.165, 1.54) is 0 Å². The minimum Gasteiger partial charge on any atom is -0.397 e. The fourth-order valence-corrected chi connectivity index (χ4v) is 2.41. The number of anilines is 3. The predicted octanol–water partition coefficient (Wildman–Crippen LogP) is 1.54. The summed E-state index contributed by atoms with van der Waals surface area (Å²) in [5.74, 6) is -0.184. The first-order valence-electron chi connectivity index (χ1n) is 6.89. The average molecular weight is 280 g/mol. The number of rotatable bonds is 3. The average Bonchev–Trinajstić information content (AvgIpc) is 2.42. The zero-order valence-electron chi connectivity index (χ0n) is 11.7. The van der Waals surface area contributed by atoms with Crippen LogP contribution in [-0.4, -0.2) is 31.7 Å². The molecule has 20 heavy (non-hydrogen) atoms. The zero-order valence-corrected chi connectivity index (χ0v) is 11.7. The molecule has 1 saturated heterocycles. The molecule has 6 heteroatoms. The summed E-state index contributed by atoms with van der Waals surface area (Å²) in [5, 5.41) is 2.76. The second kappa shape index (κ2) is 5.98. The van der Waals surface area contributed by atoms with Gasteiger partial charge < -0.3 is 21.7 Å². The number of nitrogen functional groups attached to an aromatic ring is 2. The molecule has 0 unspecified atom stereocenters. The summed E-state index contributed by atoms with van der Waals surface area (Å²) in [6, 6.07) is 3.30. The van der Waals surface area contributed by atoms with Crippen LogP contribution in [0, 0.1) is 0 Å². The number of hydrogen-bond acceptors (Lipinski definition) is 4. The van der Waals surface area contributed by atoms with Crippen molar-refractivity contribution in [2.24, 2.45) is 0 Å². The van der Waals surface area contributed by atoms with E-state index in [0.29, 0.717) is 49.4 Å². The molecule has 1 aromatic carbocycles. The van der Waals surface area contributed by atoms with Crippen molar-refractivity contribution < 1.29 is 9.18 Å². The predicted molar refractivity (Wildman–Crippen MR) is 79.6 cm³/mol. The summed E-state index contributed by atoms with van der Waals surface area (Å²) < 4.78 is 13.2. The first kappa shape index (κ1) is 14.4. The van der Waals surface area contributed by atoms with Crippen LogP contribution >= 0.6 is 0 Å². The largest absolute Gasteiger partial charge is 0.397 e. The molecule has 1 aliphatic rings. The number of hydrogen-bond donors (Lipinski definition) is 3. The van der Waals surface area contributed by atoms with Crippen LogP contribution in [0.5, 0.6) is 0 Å². The van der Waals surface area contributed by atoms with Crippen LogP contribution in [0.3, 0.4) is 0 Å². The molecule has 2 rings (SSSR count). The van der Waals surface area contributed by atoms with Crippen molar-refractivity contribution in [2.45, 2.75) is 25.9 Å². The third-order valence-electron chi connectivity index (χ3n) is 3.55. The van der Waals surface area contributed by atoms with Gasteiger partial charge in [-0.2, -0.15) is 0 Å². The Hall–Kier alpha value is -1.98. The Bertz CT molecular complexity index is 498. The molecule has 1 heterocycles. The van der Waals surface area contributed by atoms with Crippen molar-refractivity contribution in [1.29, 1.82) is 0 Å². The van der Waals surface area contributed by atoms with Gasteiger partial charge in [0.05, 0.1) is 22.6 Å². The highest BCUT2D eigenvalue weighted by Crippen LogP contribution is 2.30. The number of nitrogens with one attached hydrogen (secondary N) is 1. The molecule has 1 aliphatic heterocycles. The minimum atomic E-state index is -0.759. The first-order chi connectivity index (χ1) is 9.52. The molecule has 110 valence electrons. The molecule has 1 amide bonds. The quantitative estimate of drug-likeness (QED) is 0.733. The van der Waals surface area contributed by atoms with Gasteiger partial charge in [0.1, 0.15) is 6.17 Å². The van der Waals surface area contributed by atoms with Gasteiger partial charge in [0.2, 0.25) is 0 Å². The maximum absolute atomic E-state index is 13.2. The summed E-state index contributed by atoms with van der Waals surface area (Å²) in [7, 11) is 0. The lowest BCUT2D eigenvalue weighted by Gasteiger charge is -2.32. The van der Waals surface area contributed by atoms with Crippen molar-refractivity contribution in [2.75, 3.05) is 36.0 Å². The van der Waals surface area contributed by atoms with Crippen LogP contribution < -0.4 is 21.7 Å². The molecule has 0 aromatic heterocycles. The van der Waals surface area contributed by atoms with E-state index >= 15 is 0 Å². The number of carbonyl (C=O) groups excluding carboxylic acids is 1. The van der Waals surface area contributed by atoms with E-state index in [1.807, 2.05) is 11.8 Å². The van der Waals surface area contributed by atoms with E-state index in [2.05, 4.69) is 5.32 Å². The third kappa shape index (κ3) is 2.95. The smallest absolute Gasteiger partial charge is 0.253 e. The SMILES string of the molecule is CCNC(=O)c1cc(N)c(N)cc1N1CCC(F)CC1. The van der Waals surface area contributed by atoms with Gasteiger partial charge in [-0.15, -0.1) is 0 Å². The molecule has 5 N–H and O–H groups in total. The molecular formula is C14H21FN4O. The molecular weight excluding hydrogens is 259 g/mol. The highest BCUT2D eigenvalue weighted by molar-refractivity contribution is 6.02. The molecule has 0 spiro atoms. The number of halogens is 1. The van der Waals surface area contributed by atoms with Crippen molar-refractivity contribution >= 4 is 23.0 Å². The van der Waals surface area contributed by atoms with Crippen LogP contribution in [0.4, 0.5) is 21.5 Å². The summed E-state index contributed by atoms with van der Waals surface area (Å²) >= 11 is 0. The van der Waals surface area contributed by atoms with E-state index in [1.54, 1.807) is 12.1 Å². The van der Waals surface area contributed by atoms with Crippen molar-refractivity contribution in [3.63, 3.8) is 0 Å². The maximum atomic E-state index is 13.2. The highest BCUT2D eigenvalue weighted by Gasteiger charge is 2.23. The van der Waals surface area contributed by atoms with E-state index in [-0.39, 0.29) is 5.91 Å². The lowest BCUT2D eigenvalue weighted by atomic mass is 10.0. The van der Waals surface area contributed by atoms with Gasteiger partial charge in [-0.25, -0.2) is 4.39 Å². The van der Waals surface area contributed by atoms with Crippen LogP contribution in [0.25, 0.3) is 0 Å². The second-order valence-electron chi connectivity index (χ2n) is 5.02. The molecule has 0 aliphatic carbocycles. The molecule has 0 radical (unpaired) electrons. The Kier molecular flexibility index (Phi) is 4.32. The molecule has 1 aromatic rings. The van der Waals surface area contributed by atoms with Gasteiger partial charge in [-0.05, 0) is 31.9 Å². The Morgan fingerprint density at radius 2 is 1.95 bits per heavy atom. The van der Waals surface area contributed by atoms with Crippen LogP contribution in [0.2, 0.25) is 0 Å². The lowest BCUT2D eigenvalue weighted by Crippen LogP contribution is -2.36. The van der Waals surface area contributed by atoms with Gasteiger partial charge in [-0.1, -0.05) is 0 Å². The van der Waals surface area contributed by atoms with Crippen LogP contribution in [0.1, 0.15) is 30.1 Å². The minimum absolute atomic E-state index is 0.184. The maximum Gasteiger partial charge on any atom is 0.253 e. The first-order valence-corrected chi connectivity index (χ1v) is 6.89. The number of piperidine rings is 1. The Morgan fingerprint density at radius 3 is 2.55 bits per heavy atom. The summed E-state index contributed by atoms with van der Waals surface area (Å²) in [6.45, 7) is 3.55. The Balaban J connectivity index is 2.34. The molecule has 0 saturated carbocycles. The molecule has 0 atom stereocenters. The highest BCUT2D eigenvalue weighted by atomic mass is 19.1.